The van der Waals surface area contributed by atoms with Gasteiger partial charge < -0.3 is 16.2 Å². The quantitative estimate of drug-likeness (QED) is 0.348. The van der Waals surface area contributed by atoms with Crippen molar-refractivity contribution >= 4 is 35.2 Å². The molecule has 1 aliphatic rings. The van der Waals surface area contributed by atoms with Crippen LogP contribution in [0, 0.1) is 5.41 Å². The number of carbonyl (C=O) groups is 1. The zero-order valence-electron chi connectivity index (χ0n) is 16.1. The molecule has 0 spiro atoms. The number of halogens is 3. The van der Waals surface area contributed by atoms with Gasteiger partial charge in [-0.15, -0.1) is 11.3 Å². The van der Waals surface area contributed by atoms with E-state index >= 15 is 0 Å². The van der Waals surface area contributed by atoms with E-state index in [1.807, 2.05) is 0 Å². The number of rotatable bonds is 5. The highest BCUT2D eigenvalue weighted by atomic mass is 32.1. The number of urea groups is 1. The van der Waals surface area contributed by atoms with E-state index < -0.39 is 23.5 Å². The number of dihydropyridines is 1. The van der Waals surface area contributed by atoms with Gasteiger partial charge in [-0.05, 0) is 19.1 Å². The number of aliphatic hydroxyl groups is 1. The van der Waals surface area contributed by atoms with Crippen molar-refractivity contribution in [1.82, 2.24) is 15.3 Å². The lowest BCUT2D eigenvalue weighted by molar-refractivity contribution is -0.140. The number of carbonyl (C=O) groups excluding carboxylic acids is 1. The zero-order chi connectivity index (χ0) is 22.8. The zero-order valence-corrected chi connectivity index (χ0v) is 16.9. The molecule has 1 atom stereocenters. The van der Waals surface area contributed by atoms with E-state index in [-0.39, 0.29) is 39.9 Å². The van der Waals surface area contributed by atoms with Gasteiger partial charge in [-0.25, -0.2) is 14.8 Å². The second-order valence-corrected chi connectivity index (χ2v) is 7.40. The standard InChI is InChI=1S/C18H18F3N7O2S/c1-2-25-16(29)28-13-3-10(15-27-12(7-31-15)18(19,20)21)11(6-26-13)17(30)4-9(14(22)23)5-24-8-17/h3-7,30H,2,8H2,1H3,(H3,22,23)(H2,25,26,28,29). The van der Waals surface area contributed by atoms with E-state index in [0.717, 1.165) is 16.7 Å². The van der Waals surface area contributed by atoms with Crippen molar-refractivity contribution in [3.05, 3.63) is 40.5 Å². The molecule has 3 heterocycles. The molecule has 9 nitrogen and oxygen atoms in total. The number of nitrogens with one attached hydrogen (secondary N) is 3. The summed E-state index contributed by atoms with van der Waals surface area (Å²) >= 11 is 0.727. The van der Waals surface area contributed by atoms with E-state index in [1.165, 1.54) is 24.6 Å². The molecule has 0 fully saturated rings. The molecule has 0 bridgehead atoms. The summed E-state index contributed by atoms with van der Waals surface area (Å²) in [5, 5.41) is 24.6. The highest BCUT2D eigenvalue weighted by Crippen LogP contribution is 2.39. The van der Waals surface area contributed by atoms with Crippen LogP contribution in [0.25, 0.3) is 10.6 Å². The Labute approximate surface area is 178 Å². The second kappa shape index (κ2) is 8.43. The fourth-order valence-electron chi connectivity index (χ4n) is 2.83. The van der Waals surface area contributed by atoms with Crippen LogP contribution in [-0.2, 0) is 11.8 Å². The van der Waals surface area contributed by atoms with E-state index in [1.54, 1.807) is 6.92 Å². The van der Waals surface area contributed by atoms with Crippen molar-refractivity contribution in [2.45, 2.75) is 18.7 Å². The Morgan fingerprint density at radius 2 is 2.19 bits per heavy atom. The number of aliphatic imine (C=N–C) groups is 1. The van der Waals surface area contributed by atoms with Crippen molar-refractivity contribution in [3.63, 3.8) is 0 Å². The lowest BCUT2D eigenvalue weighted by Gasteiger charge is -2.28. The van der Waals surface area contributed by atoms with Crippen LogP contribution < -0.4 is 16.4 Å². The fraction of sp³-hybridized carbons (Fsp3) is 0.278. The Morgan fingerprint density at radius 1 is 1.45 bits per heavy atom. The Kier molecular flexibility index (Phi) is 6.08. The average Bonchev–Trinajstić information content (AvgIpc) is 3.18. The predicted octanol–water partition coefficient (Wildman–Crippen LogP) is 2.50. The first-order valence-electron chi connectivity index (χ1n) is 8.91. The largest absolute Gasteiger partial charge is 0.434 e. The van der Waals surface area contributed by atoms with Gasteiger partial charge in [-0.2, -0.15) is 13.2 Å². The molecule has 0 aliphatic carbocycles. The van der Waals surface area contributed by atoms with Gasteiger partial charge in [0.15, 0.2) is 5.69 Å². The summed E-state index contributed by atoms with van der Waals surface area (Å²) in [5.74, 6) is -0.286. The molecule has 31 heavy (non-hydrogen) atoms. The summed E-state index contributed by atoms with van der Waals surface area (Å²) < 4.78 is 39.2. The van der Waals surface area contributed by atoms with E-state index in [0.29, 0.717) is 6.54 Å². The first kappa shape index (κ1) is 22.4. The lowest BCUT2D eigenvalue weighted by Crippen LogP contribution is -2.33. The van der Waals surface area contributed by atoms with Gasteiger partial charge in [-0.1, -0.05) is 0 Å². The monoisotopic (exact) mass is 453 g/mol. The molecule has 164 valence electrons. The number of amides is 2. The van der Waals surface area contributed by atoms with E-state index in [4.69, 9.17) is 11.1 Å². The van der Waals surface area contributed by atoms with Crippen molar-refractivity contribution in [1.29, 1.82) is 5.41 Å². The third-order valence-corrected chi connectivity index (χ3v) is 5.12. The first-order valence-corrected chi connectivity index (χ1v) is 9.79. The van der Waals surface area contributed by atoms with Gasteiger partial charge in [0, 0.05) is 41.0 Å². The third-order valence-electron chi connectivity index (χ3n) is 4.24. The van der Waals surface area contributed by atoms with Gasteiger partial charge in [0.1, 0.15) is 22.3 Å². The SMILES string of the molecule is CCNC(=O)Nc1cc(-c2nc(C(F)(F)F)cs2)c(C2(O)C=C(C(=N)N)C=NC2)cn1. The highest BCUT2D eigenvalue weighted by molar-refractivity contribution is 7.13. The highest BCUT2D eigenvalue weighted by Gasteiger charge is 2.36. The van der Waals surface area contributed by atoms with Crippen molar-refractivity contribution < 1.29 is 23.1 Å². The van der Waals surface area contributed by atoms with Crippen LogP contribution in [0.5, 0.6) is 0 Å². The third kappa shape index (κ3) is 4.88. The molecule has 0 radical (unpaired) electrons. The normalized spacial score (nSPS) is 18.4. The van der Waals surface area contributed by atoms with Crippen LogP contribution in [0.3, 0.4) is 0 Å². The van der Waals surface area contributed by atoms with Crippen LogP contribution >= 0.6 is 11.3 Å². The van der Waals surface area contributed by atoms with E-state index in [9.17, 15) is 23.1 Å². The number of aromatic nitrogens is 2. The molecule has 3 rings (SSSR count). The van der Waals surface area contributed by atoms with E-state index in [2.05, 4.69) is 25.6 Å². The molecular weight excluding hydrogens is 435 g/mol. The summed E-state index contributed by atoms with van der Waals surface area (Å²) in [4.78, 5) is 23.6. The minimum atomic E-state index is -4.64. The van der Waals surface area contributed by atoms with Gasteiger partial charge in [0.05, 0.1) is 6.54 Å². The molecule has 13 heteroatoms. The van der Waals surface area contributed by atoms with Crippen LogP contribution in [0.2, 0.25) is 0 Å². The number of alkyl halides is 3. The molecule has 2 amide bonds. The minimum Gasteiger partial charge on any atom is -0.384 e. The van der Waals surface area contributed by atoms with Gasteiger partial charge in [0.2, 0.25) is 0 Å². The molecule has 2 aromatic rings. The van der Waals surface area contributed by atoms with Gasteiger partial charge in [0.25, 0.3) is 0 Å². The number of amidine groups is 1. The first-order chi connectivity index (χ1) is 14.5. The summed E-state index contributed by atoms with van der Waals surface area (Å²) in [6, 6.07) is 0.768. The van der Waals surface area contributed by atoms with Crippen LogP contribution in [-0.4, -0.2) is 46.2 Å². The van der Waals surface area contributed by atoms with Gasteiger partial charge in [-0.3, -0.25) is 15.7 Å². The fourth-order valence-corrected chi connectivity index (χ4v) is 3.68. The topological polar surface area (TPSA) is 149 Å². The van der Waals surface area contributed by atoms with Crippen LogP contribution in [0.4, 0.5) is 23.8 Å². The molecule has 2 aromatic heterocycles. The molecule has 6 N–H and O–H groups in total. The molecular formula is C18H18F3N7O2S. The Hall–Kier alpha value is -3.32. The molecule has 0 aromatic carbocycles. The number of hydrogen-bond donors (Lipinski definition) is 5. The maximum atomic E-state index is 13.1. The number of thiazole rings is 1. The number of nitrogens with two attached hydrogens (primary N) is 1. The Bertz CT molecular complexity index is 1080. The minimum absolute atomic E-state index is 0.0376. The number of pyridine rings is 1. The Morgan fingerprint density at radius 3 is 2.81 bits per heavy atom. The van der Waals surface area contributed by atoms with Crippen LogP contribution in [0.1, 0.15) is 18.2 Å². The van der Waals surface area contributed by atoms with Crippen molar-refractivity contribution in [2.75, 3.05) is 18.4 Å². The molecule has 1 unspecified atom stereocenters. The predicted molar refractivity (Wildman–Crippen MR) is 110 cm³/mol. The maximum absolute atomic E-state index is 13.1. The summed E-state index contributed by atoms with van der Waals surface area (Å²) in [6.45, 7) is 1.90. The smallest absolute Gasteiger partial charge is 0.384 e. The summed E-state index contributed by atoms with van der Waals surface area (Å²) in [6.07, 6.45) is -0.809. The van der Waals surface area contributed by atoms with Crippen molar-refractivity contribution in [3.8, 4) is 10.6 Å². The number of anilines is 1. The number of hydrogen-bond acceptors (Lipinski definition) is 7. The summed E-state index contributed by atoms with van der Waals surface area (Å²) in [5.41, 5.74) is 2.98. The van der Waals surface area contributed by atoms with Crippen LogP contribution in [0.15, 0.2) is 34.3 Å². The molecule has 1 aliphatic heterocycles. The number of nitrogens with zero attached hydrogens (tertiary/aromatic N) is 3. The molecule has 0 saturated carbocycles. The summed E-state index contributed by atoms with van der Waals surface area (Å²) in [7, 11) is 0. The lowest BCUT2D eigenvalue weighted by atomic mass is 9.87. The Balaban J connectivity index is 2.13. The average molecular weight is 453 g/mol. The van der Waals surface area contributed by atoms with Crippen molar-refractivity contribution in [2.24, 2.45) is 10.7 Å². The molecule has 0 saturated heterocycles. The second-order valence-electron chi connectivity index (χ2n) is 6.54. The maximum Gasteiger partial charge on any atom is 0.434 e. The van der Waals surface area contributed by atoms with Gasteiger partial charge >= 0.3 is 12.2 Å².